The van der Waals surface area contributed by atoms with Crippen molar-refractivity contribution in [3.05, 3.63) is 5.82 Å². The minimum atomic E-state index is -0.755. The number of rotatable bonds is 2. The van der Waals surface area contributed by atoms with Crippen molar-refractivity contribution >= 4 is 11.9 Å². The third-order valence-electron chi connectivity index (χ3n) is 2.95. The van der Waals surface area contributed by atoms with Crippen molar-refractivity contribution in [3.8, 4) is 0 Å². The predicted molar refractivity (Wildman–Crippen MR) is 53.1 cm³/mol. The zero-order valence-corrected chi connectivity index (χ0v) is 8.31. The third kappa shape index (κ3) is 1.93. The van der Waals surface area contributed by atoms with Gasteiger partial charge in [0.05, 0.1) is 5.92 Å². The van der Waals surface area contributed by atoms with Crippen LogP contribution in [0.2, 0.25) is 0 Å². The summed E-state index contributed by atoms with van der Waals surface area (Å²) in [4.78, 5) is 15.1. The first-order valence-corrected chi connectivity index (χ1v) is 5.09. The van der Waals surface area contributed by atoms with Gasteiger partial charge in [0.25, 0.3) is 0 Å². The second-order valence-electron chi connectivity index (χ2n) is 3.91. The molecule has 0 amide bonds. The number of nitrogen functional groups attached to an aromatic ring is 1. The Morgan fingerprint density at radius 3 is 2.80 bits per heavy atom. The number of aromatic nitrogens is 3. The number of aliphatic carboxylic acids is 1. The van der Waals surface area contributed by atoms with Crippen LogP contribution in [-0.4, -0.2) is 26.3 Å². The van der Waals surface area contributed by atoms with Gasteiger partial charge in [-0.2, -0.15) is 4.98 Å². The molecule has 6 heteroatoms. The van der Waals surface area contributed by atoms with E-state index in [0.29, 0.717) is 12.2 Å². The SMILES string of the molecule is Nc1n[nH]c([C@H]2CCCC[C@H]2C(=O)O)n1. The number of carbonyl (C=O) groups is 1. The summed E-state index contributed by atoms with van der Waals surface area (Å²) >= 11 is 0. The van der Waals surface area contributed by atoms with E-state index in [9.17, 15) is 4.79 Å². The van der Waals surface area contributed by atoms with Crippen LogP contribution in [0.3, 0.4) is 0 Å². The van der Waals surface area contributed by atoms with Gasteiger partial charge in [-0.25, -0.2) is 0 Å². The molecular weight excluding hydrogens is 196 g/mol. The molecule has 0 unspecified atom stereocenters. The first-order chi connectivity index (χ1) is 7.18. The maximum absolute atomic E-state index is 11.1. The Balaban J connectivity index is 2.21. The number of hydrogen-bond donors (Lipinski definition) is 3. The lowest BCUT2D eigenvalue weighted by molar-refractivity contribution is -0.143. The van der Waals surface area contributed by atoms with Gasteiger partial charge < -0.3 is 10.8 Å². The van der Waals surface area contributed by atoms with Crippen LogP contribution in [0.4, 0.5) is 5.95 Å². The van der Waals surface area contributed by atoms with Gasteiger partial charge in [0.1, 0.15) is 5.82 Å². The molecule has 1 aliphatic rings. The summed E-state index contributed by atoms with van der Waals surface area (Å²) in [7, 11) is 0. The molecule has 0 radical (unpaired) electrons. The maximum atomic E-state index is 11.1. The van der Waals surface area contributed by atoms with E-state index in [2.05, 4.69) is 15.2 Å². The van der Waals surface area contributed by atoms with Crippen LogP contribution in [-0.2, 0) is 4.79 Å². The van der Waals surface area contributed by atoms with Crippen LogP contribution >= 0.6 is 0 Å². The molecule has 0 aliphatic heterocycles. The quantitative estimate of drug-likeness (QED) is 0.667. The van der Waals surface area contributed by atoms with E-state index >= 15 is 0 Å². The lowest BCUT2D eigenvalue weighted by Crippen LogP contribution is -2.26. The molecule has 15 heavy (non-hydrogen) atoms. The number of nitrogens with zero attached hydrogens (tertiary/aromatic N) is 2. The molecule has 4 N–H and O–H groups in total. The van der Waals surface area contributed by atoms with Gasteiger partial charge >= 0.3 is 5.97 Å². The van der Waals surface area contributed by atoms with Crippen molar-refractivity contribution in [1.29, 1.82) is 0 Å². The van der Waals surface area contributed by atoms with E-state index in [0.717, 1.165) is 19.3 Å². The molecule has 6 nitrogen and oxygen atoms in total. The average molecular weight is 210 g/mol. The number of carboxylic acid groups (broad SMARTS) is 1. The zero-order chi connectivity index (χ0) is 10.8. The van der Waals surface area contributed by atoms with Gasteiger partial charge in [0, 0.05) is 5.92 Å². The average Bonchev–Trinajstić information content (AvgIpc) is 2.65. The van der Waals surface area contributed by atoms with Crippen LogP contribution < -0.4 is 5.73 Å². The highest BCUT2D eigenvalue weighted by atomic mass is 16.4. The van der Waals surface area contributed by atoms with Crippen LogP contribution in [0.5, 0.6) is 0 Å². The Morgan fingerprint density at radius 1 is 1.47 bits per heavy atom. The molecule has 0 bridgehead atoms. The van der Waals surface area contributed by atoms with Crippen molar-refractivity contribution in [3.63, 3.8) is 0 Å². The molecule has 1 saturated carbocycles. The normalized spacial score (nSPS) is 26.4. The number of anilines is 1. The summed E-state index contributed by atoms with van der Waals surface area (Å²) in [6, 6.07) is 0. The van der Waals surface area contributed by atoms with Gasteiger partial charge in [-0.15, -0.1) is 5.10 Å². The standard InChI is InChI=1S/C9H14N4O2/c10-9-11-7(12-13-9)5-3-1-2-4-6(5)8(14)15/h5-6H,1-4H2,(H,14,15)(H3,10,11,12,13)/t5-,6+/m0/s1. The lowest BCUT2D eigenvalue weighted by atomic mass is 9.79. The Bertz CT molecular complexity index is 363. The van der Waals surface area contributed by atoms with Crippen LogP contribution in [0, 0.1) is 5.92 Å². The molecule has 1 aliphatic carbocycles. The van der Waals surface area contributed by atoms with Crippen molar-refractivity contribution in [1.82, 2.24) is 15.2 Å². The predicted octanol–water partition coefficient (Wildman–Crippen LogP) is 0.745. The highest BCUT2D eigenvalue weighted by molar-refractivity contribution is 5.71. The van der Waals surface area contributed by atoms with E-state index in [1.54, 1.807) is 0 Å². The van der Waals surface area contributed by atoms with E-state index in [-0.39, 0.29) is 17.8 Å². The van der Waals surface area contributed by atoms with E-state index in [1.165, 1.54) is 0 Å². The Kier molecular flexibility index (Phi) is 2.57. The number of nitrogens with one attached hydrogen (secondary N) is 1. The molecular formula is C9H14N4O2. The van der Waals surface area contributed by atoms with E-state index in [4.69, 9.17) is 10.8 Å². The first-order valence-electron chi connectivity index (χ1n) is 5.09. The molecule has 1 aromatic rings. The fourth-order valence-corrected chi connectivity index (χ4v) is 2.21. The highest BCUT2D eigenvalue weighted by Crippen LogP contribution is 2.36. The van der Waals surface area contributed by atoms with Crippen molar-refractivity contribution in [2.24, 2.45) is 5.92 Å². The Morgan fingerprint density at radius 2 is 2.20 bits per heavy atom. The first kappa shape index (κ1) is 9.95. The van der Waals surface area contributed by atoms with Crippen LogP contribution in [0.15, 0.2) is 0 Å². The van der Waals surface area contributed by atoms with Crippen molar-refractivity contribution in [2.45, 2.75) is 31.6 Å². The topological polar surface area (TPSA) is 105 Å². The van der Waals surface area contributed by atoms with Crippen molar-refractivity contribution < 1.29 is 9.90 Å². The smallest absolute Gasteiger partial charge is 0.307 e. The lowest BCUT2D eigenvalue weighted by Gasteiger charge is -2.26. The summed E-state index contributed by atoms with van der Waals surface area (Å²) in [5, 5.41) is 15.5. The summed E-state index contributed by atoms with van der Waals surface area (Å²) in [5.41, 5.74) is 5.41. The summed E-state index contributed by atoms with van der Waals surface area (Å²) in [5.74, 6) is -0.388. The highest BCUT2D eigenvalue weighted by Gasteiger charge is 2.33. The molecule has 0 saturated heterocycles. The van der Waals surface area contributed by atoms with Gasteiger partial charge in [0.15, 0.2) is 0 Å². The number of hydrogen-bond acceptors (Lipinski definition) is 4. The molecule has 1 heterocycles. The minimum Gasteiger partial charge on any atom is -0.481 e. The zero-order valence-electron chi connectivity index (χ0n) is 8.31. The molecule has 1 fully saturated rings. The van der Waals surface area contributed by atoms with E-state index < -0.39 is 5.97 Å². The van der Waals surface area contributed by atoms with Gasteiger partial charge in [-0.1, -0.05) is 12.8 Å². The number of nitrogens with two attached hydrogens (primary N) is 1. The molecule has 0 spiro atoms. The van der Waals surface area contributed by atoms with Gasteiger partial charge in [-0.3, -0.25) is 9.89 Å². The minimum absolute atomic E-state index is 0.0685. The number of aromatic amines is 1. The molecule has 2 atom stereocenters. The third-order valence-corrected chi connectivity index (χ3v) is 2.95. The van der Waals surface area contributed by atoms with Gasteiger partial charge in [0.2, 0.25) is 5.95 Å². The second-order valence-corrected chi connectivity index (χ2v) is 3.91. The van der Waals surface area contributed by atoms with Gasteiger partial charge in [-0.05, 0) is 12.8 Å². The second kappa shape index (κ2) is 3.88. The number of carboxylic acids is 1. The van der Waals surface area contributed by atoms with Crippen molar-refractivity contribution in [2.75, 3.05) is 5.73 Å². The molecule has 82 valence electrons. The summed E-state index contributed by atoms with van der Waals surface area (Å²) < 4.78 is 0. The Hall–Kier alpha value is -1.59. The molecule has 1 aromatic heterocycles. The molecule has 0 aromatic carbocycles. The fourth-order valence-electron chi connectivity index (χ4n) is 2.21. The summed E-state index contributed by atoms with van der Waals surface area (Å²) in [6.07, 6.45) is 3.55. The number of H-pyrrole nitrogens is 1. The largest absolute Gasteiger partial charge is 0.481 e. The van der Waals surface area contributed by atoms with Crippen LogP contribution in [0.1, 0.15) is 37.4 Å². The maximum Gasteiger partial charge on any atom is 0.307 e. The fraction of sp³-hybridized carbons (Fsp3) is 0.667. The monoisotopic (exact) mass is 210 g/mol. The summed E-state index contributed by atoms with van der Waals surface area (Å²) in [6.45, 7) is 0. The van der Waals surface area contributed by atoms with E-state index in [1.807, 2.05) is 0 Å². The molecule has 2 rings (SSSR count). The van der Waals surface area contributed by atoms with Crippen LogP contribution in [0.25, 0.3) is 0 Å². The Labute approximate surface area is 86.9 Å².